The van der Waals surface area contributed by atoms with Gasteiger partial charge in [0.05, 0.1) is 6.54 Å². The third-order valence-electron chi connectivity index (χ3n) is 6.97. The summed E-state index contributed by atoms with van der Waals surface area (Å²) < 4.78 is 8.01. The molecule has 42 heavy (non-hydrogen) atoms. The Labute approximate surface area is 253 Å². The Hall–Kier alpha value is -3.33. The average molecular weight is 595 g/mol. The number of aryl methyl sites for hydroxylation is 1. The second kappa shape index (κ2) is 18.3. The normalized spacial score (nSPS) is 11.8. The molecule has 1 aromatic heterocycles. The van der Waals surface area contributed by atoms with E-state index in [1.54, 1.807) is 18.7 Å². The molecular formula is C33H46N4O4S. The van der Waals surface area contributed by atoms with Gasteiger partial charge < -0.3 is 10.1 Å². The van der Waals surface area contributed by atoms with Crippen LogP contribution in [0.2, 0.25) is 0 Å². The van der Waals surface area contributed by atoms with Crippen LogP contribution in [0.4, 0.5) is 5.82 Å². The standard InChI is InChI=1S/C33H46N4O4S/c1-4-6-7-8-14-22-36-32(39)31(35-37(33(36)40)24-28-17-10-9-11-18-28)34-21-13-12-16-27-19-15-20-29(23-27)42-26(3)25-41-30(38)5-2/h9-11,15,17-20,23,26H,4-8,12-14,16,21-22,24-25H2,1-3H3,(H,34,35). The Kier molecular flexibility index (Phi) is 14.4. The number of rotatable bonds is 19. The van der Waals surface area contributed by atoms with Crippen LogP contribution in [0.3, 0.4) is 0 Å². The van der Waals surface area contributed by atoms with Crippen molar-refractivity contribution in [3.05, 3.63) is 86.6 Å². The van der Waals surface area contributed by atoms with Gasteiger partial charge in [-0.1, -0.05) is 82.0 Å². The quantitative estimate of drug-likeness (QED) is 0.0990. The third kappa shape index (κ3) is 11.2. The van der Waals surface area contributed by atoms with Crippen LogP contribution in [0.15, 0.2) is 69.1 Å². The summed E-state index contributed by atoms with van der Waals surface area (Å²) in [6.07, 6.45) is 8.32. The largest absolute Gasteiger partial charge is 0.465 e. The van der Waals surface area contributed by atoms with Gasteiger partial charge in [-0.15, -0.1) is 16.9 Å². The first-order valence-corrected chi connectivity index (χ1v) is 16.2. The fourth-order valence-electron chi connectivity index (χ4n) is 4.62. The Morgan fingerprint density at radius 2 is 1.71 bits per heavy atom. The van der Waals surface area contributed by atoms with Crippen LogP contribution in [0.1, 0.15) is 83.3 Å². The zero-order chi connectivity index (χ0) is 30.2. The smallest absolute Gasteiger partial charge is 0.347 e. The van der Waals surface area contributed by atoms with Crippen LogP contribution in [0.5, 0.6) is 0 Å². The molecular weight excluding hydrogens is 548 g/mol. The number of anilines is 1. The van der Waals surface area contributed by atoms with Gasteiger partial charge in [0.2, 0.25) is 5.82 Å². The van der Waals surface area contributed by atoms with E-state index in [-0.39, 0.29) is 28.3 Å². The second-order valence-corrected chi connectivity index (χ2v) is 12.2. The molecule has 0 saturated carbocycles. The van der Waals surface area contributed by atoms with Crippen molar-refractivity contribution >= 4 is 23.5 Å². The lowest BCUT2D eigenvalue weighted by Gasteiger charge is -2.13. The molecule has 3 rings (SSSR count). The fourth-order valence-corrected chi connectivity index (χ4v) is 5.59. The van der Waals surface area contributed by atoms with Crippen molar-refractivity contribution < 1.29 is 9.53 Å². The first-order valence-electron chi connectivity index (χ1n) is 15.3. The van der Waals surface area contributed by atoms with Gasteiger partial charge >= 0.3 is 11.7 Å². The summed E-state index contributed by atoms with van der Waals surface area (Å²) in [6, 6.07) is 18.2. The summed E-state index contributed by atoms with van der Waals surface area (Å²) in [5, 5.41) is 7.84. The first-order chi connectivity index (χ1) is 20.4. The maximum Gasteiger partial charge on any atom is 0.347 e. The lowest BCUT2D eigenvalue weighted by molar-refractivity contribution is -0.143. The van der Waals surface area contributed by atoms with Gasteiger partial charge in [-0.3, -0.25) is 14.2 Å². The van der Waals surface area contributed by atoms with Crippen LogP contribution in [0, 0.1) is 0 Å². The predicted octanol–water partition coefficient (Wildman–Crippen LogP) is 6.29. The lowest BCUT2D eigenvalue weighted by Crippen LogP contribution is -2.43. The van der Waals surface area contributed by atoms with Gasteiger partial charge in [-0.05, 0) is 55.9 Å². The Bertz CT molecular complexity index is 1360. The number of hydrogen-bond acceptors (Lipinski definition) is 7. The van der Waals surface area contributed by atoms with Gasteiger partial charge in [0, 0.05) is 29.7 Å². The van der Waals surface area contributed by atoms with E-state index < -0.39 is 0 Å². The van der Waals surface area contributed by atoms with Crippen molar-refractivity contribution in [2.75, 3.05) is 18.5 Å². The summed E-state index contributed by atoms with van der Waals surface area (Å²) in [6.45, 7) is 7.74. The van der Waals surface area contributed by atoms with Crippen LogP contribution < -0.4 is 16.6 Å². The summed E-state index contributed by atoms with van der Waals surface area (Å²) in [5.41, 5.74) is 1.50. The van der Waals surface area contributed by atoms with Crippen molar-refractivity contribution in [3.63, 3.8) is 0 Å². The maximum atomic E-state index is 13.2. The highest BCUT2D eigenvalue weighted by molar-refractivity contribution is 8.00. The number of thioether (sulfide) groups is 1. The maximum absolute atomic E-state index is 13.2. The second-order valence-electron chi connectivity index (χ2n) is 10.6. The van der Waals surface area contributed by atoms with E-state index in [4.69, 9.17) is 4.74 Å². The molecule has 0 saturated heterocycles. The molecule has 0 aliphatic carbocycles. The zero-order valence-electron chi connectivity index (χ0n) is 25.3. The Morgan fingerprint density at radius 1 is 0.952 bits per heavy atom. The molecule has 1 unspecified atom stereocenters. The van der Waals surface area contributed by atoms with Crippen molar-refractivity contribution in [2.45, 2.75) is 102 Å². The molecule has 0 amide bonds. The molecule has 1 heterocycles. The molecule has 3 aromatic rings. The summed E-state index contributed by atoms with van der Waals surface area (Å²) >= 11 is 1.70. The van der Waals surface area contributed by atoms with E-state index in [2.05, 4.69) is 48.5 Å². The Morgan fingerprint density at radius 3 is 2.48 bits per heavy atom. The minimum atomic E-state index is -0.361. The number of esters is 1. The van der Waals surface area contributed by atoms with Crippen LogP contribution >= 0.6 is 11.8 Å². The van der Waals surface area contributed by atoms with E-state index in [1.807, 2.05) is 30.3 Å². The van der Waals surface area contributed by atoms with Crippen LogP contribution in [0.25, 0.3) is 0 Å². The van der Waals surface area contributed by atoms with E-state index >= 15 is 0 Å². The average Bonchev–Trinajstić information content (AvgIpc) is 3.00. The number of unbranched alkanes of at least 4 members (excludes halogenated alkanes) is 5. The number of hydrogen-bond donors (Lipinski definition) is 1. The molecule has 0 fully saturated rings. The van der Waals surface area contributed by atoms with E-state index in [1.165, 1.54) is 14.8 Å². The van der Waals surface area contributed by atoms with Gasteiger partial charge in [0.1, 0.15) is 6.61 Å². The fraction of sp³-hybridized carbons (Fsp3) is 0.515. The molecule has 9 heteroatoms. The molecule has 2 aromatic carbocycles. The van der Waals surface area contributed by atoms with Crippen molar-refractivity contribution in [1.29, 1.82) is 0 Å². The molecule has 0 spiro atoms. The molecule has 0 aliphatic rings. The molecule has 1 atom stereocenters. The van der Waals surface area contributed by atoms with Crippen LogP contribution in [-0.2, 0) is 29.0 Å². The van der Waals surface area contributed by atoms with Crippen molar-refractivity contribution in [3.8, 4) is 0 Å². The van der Waals surface area contributed by atoms with Crippen molar-refractivity contribution in [1.82, 2.24) is 14.3 Å². The monoisotopic (exact) mass is 594 g/mol. The number of benzene rings is 2. The van der Waals surface area contributed by atoms with E-state index in [0.29, 0.717) is 32.7 Å². The predicted molar refractivity (Wildman–Crippen MR) is 171 cm³/mol. The third-order valence-corrected chi connectivity index (χ3v) is 8.03. The molecule has 0 radical (unpaired) electrons. The lowest BCUT2D eigenvalue weighted by atomic mass is 10.1. The highest BCUT2D eigenvalue weighted by Crippen LogP contribution is 2.25. The molecule has 0 bridgehead atoms. The SMILES string of the molecule is CCCCCCCn1c(=O)c(NCCCCc2cccc(SC(C)COC(=O)CC)c2)nn(Cc2ccccc2)c1=O. The molecule has 0 aliphatic heterocycles. The molecule has 1 N–H and O–H groups in total. The number of nitrogens with zero attached hydrogens (tertiary/aromatic N) is 3. The first kappa shape index (κ1) is 33.2. The summed E-state index contributed by atoms with van der Waals surface area (Å²) in [7, 11) is 0. The Balaban J connectivity index is 1.57. The number of carbonyl (C=O) groups excluding carboxylic acids is 1. The van der Waals surface area contributed by atoms with Crippen molar-refractivity contribution in [2.24, 2.45) is 0 Å². The van der Waals surface area contributed by atoms with Gasteiger partial charge in [0.15, 0.2) is 0 Å². The highest BCUT2D eigenvalue weighted by atomic mass is 32.2. The topological polar surface area (TPSA) is 95.2 Å². The minimum Gasteiger partial charge on any atom is -0.465 e. The zero-order valence-corrected chi connectivity index (χ0v) is 26.2. The van der Waals surface area contributed by atoms with Gasteiger partial charge in [-0.25, -0.2) is 9.48 Å². The summed E-state index contributed by atoms with van der Waals surface area (Å²) in [5.74, 6) is 0.0616. The van der Waals surface area contributed by atoms with Crippen LogP contribution in [-0.4, -0.2) is 38.7 Å². The number of ether oxygens (including phenoxy) is 1. The molecule has 228 valence electrons. The number of carbonyl (C=O) groups is 1. The van der Waals surface area contributed by atoms with Gasteiger partial charge in [0.25, 0.3) is 5.56 Å². The highest BCUT2D eigenvalue weighted by Gasteiger charge is 2.14. The summed E-state index contributed by atoms with van der Waals surface area (Å²) in [4.78, 5) is 39.0. The van der Waals surface area contributed by atoms with E-state index in [0.717, 1.165) is 61.8 Å². The van der Waals surface area contributed by atoms with Gasteiger partial charge in [-0.2, -0.15) is 0 Å². The number of aromatic nitrogens is 3. The molecule has 8 nitrogen and oxygen atoms in total. The minimum absolute atomic E-state index is 0.170. The number of nitrogens with one attached hydrogen (secondary N) is 1. The van der Waals surface area contributed by atoms with E-state index in [9.17, 15) is 14.4 Å².